The van der Waals surface area contributed by atoms with Gasteiger partial charge in [0.1, 0.15) is 0 Å². The van der Waals surface area contributed by atoms with Gasteiger partial charge in [-0.25, -0.2) is 4.68 Å². The number of aromatic nitrogens is 2. The van der Waals surface area contributed by atoms with Gasteiger partial charge < -0.3 is 9.47 Å². The van der Waals surface area contributed by atoms with E-state index >= 15 is 0 Å². The molecule has 0 unspecified atom stereocenters. The number of rotatable bonds is 3. The highest BCUT2D eigenvalue weighted by atomic mass is 16.7. The van der Waals surface area contributed by atoms with Gasteiger partial charge in [0, 0.05) is 44.2 Å². The molecule has 0 aliphatic carbocycles. The standard InChI is InChI=1S/C17H21N3O2/c1-2-4-16(5-3-1)20-14-15(12-18-20)13-19-8-6-17(7-9-19)21-10-11-22-17/h1-5,12,14H,6-11,13H2. The first kappa shape index (κ1) is 13.9. The van der Waals surface area contributed by atoms with Crippen LogP contribution >= 0.6 is 0 Å². The van der Waals surface area contributed by atoms with Gasteiger partial charge in [-0.05, 0) is 12.1 Å². The summed E-state index contributed by atoms with van der Waals surface area (Å²) in [4.78, 5) is 2.45. The molecule has 2 aliphatic rings. The lowest BCUT2D eigenvalue weighted by molar-refractivity contribution is -0.185. The van der Waals surface area contributed by atoms with Gasteiger partial charge in [-0.3, -0.25) is 4.90 Å². The molecular weight excluding hydrogens is 278 g/mol. The molecule has 3 heterocycles. The molecule has 116 valence electrons. The molecule has 2 saturated heterocycles. The summed E-state index contributed by atoms with van der Waals surface area (Å²) in [7, 11) is 0. The van der Waals surface area contributed by atoms with Crippen LogP contribution in [0.3, 0.4) is 0 Å². The Morgan fingerprint density at radius 2 is 1.77 bits per heavy atom. The summed E-state index contributed by atoms with van der Waals surface area (Å²) in [6.45, 7) is 4.43. The van der Waals surface area contributed by atoms with Crippen LogP contribution in [0.25, 0.3) is 5.69 Å². The SMILES string of the molecule is c1ccc(-n2cc(CN3CCC4(CC3)OCCO4)cn2)cc1. The summed E-state index contributed by atoms with van der Waals surface area (Å²) in [6, 6.07) is 10.2. The van der Waals surface area contributed by atoms with Gasteiger partial charge in [0.05, 0.1) is 25.1 Å². The molecule has 2 aromatic rings. The third kappa shape index (κ3) is 2.79. The summed E-state index contributed by atoms with van der Waals surface area (Å²) in [5.74, 6) is -0.287. The molecule has 22 heavy (non-hydrogen) atoms. The van der Waals surface area contributed by atoms with Crippen molar-refractivity contribution in [2.75, 3.05) is 26.3 Å². The molecule has 0 N–H and O–H groups in total. The van der Waals surface area contributed by atoms with Crippen LogP contribution in [0.5, 0.6) is 0 Å². The molecule has 5 heteroatoms. The van der Waals surface area contributed by atoms with Gasteiger partial charge in [0.2, 0.25) is 0 Å². The molecule has 2 fully saturated rings. The van der Waals surface area contributed by atoms with Crippen molar-refractivity contribution in [1.29, 1.82) is 0 Å². The number of piperidine rings is 1. The third-order valence-corrected chi connectivity index (χ3v) is 4.49. The first-order chi connectivity index (χ1) is 10.8. The second-order valence-corrected chi connectivity index (χ2v) is 6.01. The Morgan fingerprint density at radius 1 is 1.05 bits per heavy atom. The lowest BCUT2D eigenvalue weighted by Crippen LogP contribution is -2.44. The van der Waals surface area contributed by atoms with E-state index < -0.39 is 0 Å². The maximum Gasteiger partial charge on any atom is 0.170 e. The van der Waals surface area contributed by atoms with E-state index in [2.05, 4.69) is 28.3 Å². The molecular formula is C17H21N3O2. The molecule has 0 amide bonds. The van der Waals surface area contributed by atoms with Crippen molar-refractivity contribution < 1.29 is 9.47 Å². The number of para-hydroxylation sites is 1. The van der Waals surface area contributed by atoms with E-state index in [-0.39, 0.29) is 5.79 Å². The van der Waals surface area contributed by atoms with Crippen LogP contribution < -0.4 is 0 Å². The quantitative estimate of drug-likeness (QED) is 0.871. The van der Waals surface area contributed by atoms with Crippen molar-refractivity contribution in [2.45, 2.75) is 25.2 Å². The zero-order valence-corrected chi connectivity index (χ0v) is 12.6. The summed E-state index contributed by atoms with van der Waals surface area (Å²) < 4.78 is 13.5. The molecule has 0 bridgehead atoms. The Bertz CT molecular complexity index is 610. The Balaban J connectivity index is 1.37. The van der Waals surface area contributed by atoms with Crippen molar-refractivity contribution >= 4 is 0 Å². The van der Waals surface area contributed by atoms with Crippen LogP contribution in [-0.2, 0) is 16.0 Å². The minimum Gasteiger partial charge on any atom is -0.347 e. The average molecular weight is 299 g/mol. The number of benzene rings is 1. The molecule has 1 aromatic heterocycles. The molecule has 5 nitrogen and oxygen atoms in total. The van der Waals surface area contributed by atoms with E-state index in [9.17, 15) is 0 Å². The van der Waals surface area contributed by atoms with Crippen molar-refractivity contribution in [3.63, 3.8) is 0 Å². The zero-order chi connectivity index (χ0) is 14.8. The van der Waals surface area contributed by atoms with Gasteiger partial charge in [0.15, 0.2) is 5.79 Å². The highest BCUT2D eigenvalue weighted by Gasteiger charge is 2.39. The zero-order valence-electron chi connectivity index (χ0n) is 12.6. The average Bonchev–Trinajstić information content (AvgIpc) is 3.21. The van der Waals surface area contributed by atoms with Crippen molar-refractivity contribution in [2.24, 2.45) is 0 Å². The molecule has 4 rings (SSSR count). The Kier molecular flexibility index (Phi) is 3.70. The number of ether oxygens (including phenoxy) is 2. The van der Waals surface area contributed by atoms with E-state index in [1.54, 1.807) is 0 Å². The van der Waals surface area contributed by atoms with E-state index in [0.29, 0.717) is 0 Å². The maximum atomic E-state index is 5.78. The van der Waals surface area contributed by atoms with Crippen LogP contribution in [0.15, 0.2) is 42.7 Å². The fourth-order valence-corrected chi connectivity index (χ4v) is 3.26. The second-order valence-electron chi connectivity index (χ2n) is 6.01. The minimum absolute atomic E-state index is 0.287. The summed E-state index contributed by atoms with van der Waals surface area (Å²) in [5, 5.41) is 4.46. The topological polar surface area (TPSA) is 39.5 Å². The van der Waals surface area contributed by atoms with Crippen LogP contribution in [0.1, 0.15) is 18.4 Å². The highest BCUT2D eigenvalue weighted by molar-refractivity contribution is 5.30. The van der Waals surface area contributed by atoms with Crippen LogP contribution in [-0.4, -0.2) is 46.8 Å². The van der Waals surface area contributed by atoms with Gasteiger partial charge in [-0.1, -0.05) is 18.2 Å². The number of likely N-dealkylation sites (tertiary alicyclic amines) is 1. The van der Waals surface area contributed by atoms with Crippen LogP contribution in [0, 0.1) is 0 Å². The first-order valence-corrected chi connectivity index (χ1v) is 7.92. The highest BCUT2D eigenvalue weighted by Crippen LogP contribution is 2.31. The molecule has 2 aliphatic heterocycles. The predicted molar refractivity (Wildman–Crippen MR) is 82.7 cm³/mol. The summed E-state index contributed by atoms with van der Waals surface area (Å²) >= 11 is 0. The van der Waals surface area contributed by atoms with Crippen molar-refractivity contribution in [1.82, 2.24) is 14.7 Å². The number of hydrogen-bond donors (Lipinski definition) is 0. The summed E-state index contributed by atoms with van der Waals surface area (Å²) in [5.41, 5.74) is 2.34. The first-order valence-electron chi connectivity index (χ1n) is 7.92. The van der Waals surface area contributed by atoms with Crippen LogP contribution in [0.4, 0.5) is 0 Å². The molecule has 0 atom stereocenters. The van der Waals surface area contributed by atoms with Gasteiger partial charge in [0.25, 0.3) is 0 Å². The van der Waals surface area contributed by atoms with E-state index in [4.69, 9.17) is 9.47 Å². The fourth-order valence-electron chi connectivity index (χ4n) is 3.26. The third-order valence-electron chi connectivity index (χ3n) is 4.49. The lowest BCUT2D eigenvalue weighted by atomic mass is 10.0. The van der Waals surface area contributed by atoms with Crippen molar-refractivity contribution in [3.05, 3.63) is 48.3 Å². The maximum absolute atomic E-state index is 5.78. The van der Waals surface area contributed by atoms with E-state index in [0.717, 1.165) is 51.4 Å². The lowest BCUT2D eigenvalue weighted by Gasteiger charge is -2.37. The van der Waals surface area contributed by atoms with Gasteiger partial charge in [-0.2, -0.15) is 5.10 Å². The largest absolute Gasteiger partial charge is 0.347 e. The fraction of sp³-hybridized carbons (Fsp3) is 0.471. The van der Waals surface area contributed by atoms with Gasteiger partial charge >= 0.3 is 0 Å². The Morgan fingerprint density at radius 3 is 2.50 bits per heavy atom. The second kappa shape index (κ2) is 5.83. The Hall–Kier alpha value is -1.69. The Labute approximate surface area is 130 Å². The van der Waals surface area contributed by atoms with Crippen LogP contribution in [0.2, 0.25) is 0 Å². The smallest absolute Gasteiger partial charge is 0.170 e. The molecule has 0 radical (unpaired) electrons. The number of nitrogens with zero attached hydrogens (tertiary/aromatic N) is 3. The summed E-state index contributed by atoms with van der Waals surface area (Å²) in [6.07, 6.45) is 5.99. The van der Waals surface area contributed by atoms with Gasteiger partial charge in [-0.15, -0.1) is 0 Å². The van der Waals surface area contributed by atoms with E-state index in [1.807, 2.05) is 29.1 Å². The number of hydrogen-bond acceptors (Lipinski definition) is 4. The normalized spacial score (nSPS) is 21.5. The molecule has 1 aromatic carbocycles. The van der Waals surface area contributed by atoms with Crippen molar-refractivity contribution in [3.8, 4) is 5.69 Å². The monoisotopic (exact) mass is 299 g/mol. The minimum atomic E-state index is -0.287. The predicted octanol–water partition coefficient (Wildman–Crippen LogP) is 2.21. The molecule has 0 saturated carbocycles. The van der Waals surface area contributed by atoms with E-state index in [1.165, 1.54) is 5.56 Å². The molecule has 1 spiro atoms.